The van der Waals surface area contributed by atoms with Crippen molar-refractivity contribution in [1.29, 1.82) is 0 Å². The molecule has 3 rings (SSSR count). The average molecular weight is 524 g/mol. The Bertz CT molecular complexity index is 1090. The Morgan fingerprint density at radius 2 is 1.74 bits per heavy atom. The molecular weight excluding hydrogens is 486 g/mol. The van der Waals surface area contributed by atoms with Crippen LogP contribution in [0.5, 0.6) is 5.75 Å². The summed E-state index contributed by atoms with van der Waals surface area (Å²) < 4.78 is 5.77. The molecule has 0 unspecified atom stereocenters. The number of nitrogens with zero attached hydrogens (tertiary/aromatic N) is 1. The van der Waals surface area contributed by atoms with E-state index in [0.29, 0.717) is 12.3 Å². The van der Waals surface area contributed by atoms with Gasteiger partial charge in [0.25, 0.3) is 5.91 Å². The molecule has 4 amide bonds. The highest BCUT2D eigenvalue weighted by atomic mass is 16.5. The fraction of sp³-hybridized carbons (Fsp3) is 0.429. The first-order valence-electron chi connectivity index (χ1n) is 12.9. The highest BCUT2D eigenvalue weighted by Gasteiger charge is 2.28. The van der Waals surface area contributed by atoms with Crippen molar-refractivity contribution in [2.24, 2.45) is 0 Å². The fourth-order valence-electron chi connectivity index (χ4n) is 4.07. The molecule has 10 nitrogen and oxygen atoms in total. The number of carbonyl (C=O) groups excluding carboxylic acids is 4. The Labute approximate surface area is 223 Å². The van der Waals surface area contributed by atoms with Crippen LogP contribution in [-0.4, -0.2) is 80.9 Å². The van der Waals surface area contributed by atoms with Crippen LogP contribution in [0.1, 0.15) is 35.2 Å². The molecule has 0 saturated heterocycles. The molecule has 0 fully saturated rings. The number of fused-ring (bicyclic) bond motifs is 1. The van der Waals surface area contributed by atoms with Gasteiger partial charge in [0.1, 0.15) is 24.4 Å². The number of amides is 4. The lowest BCUT2D eigenvalue weighted by Crippen LogP contribution is -2.53. The Morgan fingerprint density at radius 3 is 2.50 bits per heavy atom. The topological polar surface area (TPSA) is 129 Å². The average Bonchev–Trinajstić information content (AvgIpc) is 2.90. The zero-order valence-corrected chi connectivity index (χ0v) is 22.0. The van der Waals surface area contributed by atoms with Gasteiger partial charge >= 0.3 is 0 Å². The summed E-state index contributed by atoms with van der Waals surface area (Å²) >= 11 is 0. The summed E-state index contributed by atoms with van der Waals surface area (Å²) in [5, 5.41) is 11.1. The van der Waals surface area contributed by atoms with Crippen molar-refractivity contribution >= 4 is 23.6 Å². The van der Waals surface area contributed by atoms with Gasteiger partial charge in [-0.25, -0.2) is 0 Å². The zero-order valence-electron chi connectivity index (χ0n) is 22.0. The van der Waals surface area contributed by atoms with Crippen molar-refractivity contribution in [3.8, 4) is 5.75 Å². The van der Waals surface area contributed by atoms with Crippen LogP contribution in [0.25, 0.3) is 0 Å². The maximum Gasteiger partial charge on any atom is 0.255 e. The SMILES string of the molecule is CN(C)CCCCNC(=O)[C@@H]1CC(=O)N[C@@H](Cc2ccccc2)C(=O)NCCOc2ccccc2C(=O)N1. The third-order valence-corrected chi connectivity index (χ3v) is 6.07. The lowest BCUT2D eigenvalue weighted by Gasteiger charge is -2.23. The first-order chi connectivity index (χ1) is 18.3. The number of carbonyl (C=O) groups is 4. The molecule has 2 aromatic rings. The summed E-state index contributed by atoms with van der Waals surface area (Å²) in [6.07, 6.45) is 1.60. The Kier molecular flexibility index (Phi) is 11.1. The summed E-state index contributed by atoms with van der Waals surface area (Å²) in [6, 6.07) is 14.0. The quantitative estimate of drug-likeness (QED) is 0.380. The van der Waals surface area contributed by atoms with Gasteiger partial charge in [-0.3, -0.25) is 19.2 Å². The van der Waals surface area contributed by atoms with Gasteiger partial charge in [-0.2, -0.15) is 0 Å². The van der Waals surface area contributed by atoms with Crippen LogP contribution >= 0.6 is 0 Å². The molecule has 1 aliphatic heterocycles. The van der Waals surface area contributed by atoms with Crippen LogP contribution in [0.2, 0.25) is 0 Å². The molecule has 0 aliphatic carbocycles. The molecule has 204 valence electrons. The lowest BCUT2D eigenvalue weighted by molar-refractivity contribution is -0.131. The minimum atomic E-state index is -1.13. The van der Waals surface area contributed by atoms with Crippen LogP contribution in [0.4, 0.5) is 0 Å². The highest BCUT2D eigenvalue weighted by Crippen LogP contribution is 2.18. The molecule has 0 saturated carbocycles. The molecule has 2 atom stereocenters. The molecule has 38 heavy (non-hydrogen) atoms. The summed E-state index contributed by atoms with van der Waals surface area (Å²) in [5.74, 6) is -1.54. The predicted molar refractivity (Wildman–Crippen MR) is 144 cm³/mol. The van der Waals surface area contributed by atoms with Crippen LogP contribution < -0.4 is 26.0 Å². The van der Waals surface area contributed by atoms with E-state index in [0.717, 1.165) is 24.9 Å². The Hall–Kier alpha value is -3.92. The van der Waals surface area contributed by atoms with E-state index in [1.165, 1.54) is 0 Å². The molecule has 1 aliphatic rings. The van der Waals surface area contributed by atoms with Gasteiger partial charge in [0, 0.05) is 13.0 Å². The van der Waals surface area contributed by atoms with E-state index in [1.807, 2.05) is 44.4 Å². The van der Waals surface area contributed by atoms with E-state index in [2.05, 4.69) is 26.2 Å². The van der Waals surface area contributed by atoms with E-state index < -0.39 is 29.8 Å². The largest absolute Gasteiger partial charge is 0.491 e. The molecule has 0 radical (unpaired) electrons. The number of para-hydroxylation sites is 1. The van der Waals surface area contributed by atoms with E-state index in [4.69, 9.17) is 4.74 Å². The number of benzene rings is 2. The number of unbranched alkanes of at least 4 members (excludes halogenated alkanes) is 1. The van der Waals surface area contributed by atoms with E-state index >= 15 is 0 Å². The number of nitrogens with one attached hydrogen (secondary N) is 4. The van der Waals surface area contributed by atoms with Crippen molar-refractivity contribution < 1.29 is 23.9 Å². The molecule has 4 N–H and O–H groups in total. The van der Waals surface area contributed by atoms with Crippen molar-refractivity contribution in [3.63, 3.8) is 0 Å². The first-order valence-corrected chi connectivity index (χ1v) is 12.9. The maximum atomic E-state index is 13.1. The smallest absolute Gasteiger partial charge is 0.255 e. The molecule has 0 bridgehead atoms. The molecule has 0 aromatic heterocycles. The number of ether oxygens (including phenoxy) is 1. The minimum Gasteiger partial charge on any atom is -0.491 e. The van der Waals surface area contributed by atoms with Gasteiger partial charge in [0.05, 0.1) is 18.5 Å². The normalized spacial score (nSPS) is 18.8. The molecule has 0 spiro atoms. The predicted octanol–water partition coefficient (Wildman–Crippen LogP) is 0.869. The van der Waals surface area contributed by atoms with Gasteiger partial charge in [-0.1, -0.05) is 42.5 Å². The summed E-state index contributed by atoms with van der Waals surface area (Å²) in [7, 11) is 3.96. The van der Waals surface area contributed by atoms with Crippen LogP contribution in [-0.2, 0) is 20.8 Å². The Balaban J connectivity index is 1.78. The van der Waals surface area contributed by atoms with Crippen LogP contribution in [0.3, 0.4) is 0 Å². The minimum absolute atomic E-state index is 0.124. The van der Waals surface area contributed by atoms with Crippen molar-refractivity contribution in [2.45, 2.75) is 37.8 Å². The molecule has 2 aromatic carbocycles. The number of hydrogen-bond acceptors (Lipinski definition) is 6. The summed E-state index contributed by atoms with van der Waals surface area (Å²) in [4.78, 5) is 54.3. The number of rotatable bonds is 8. The monoisotopic (exact) mass is 523 g/mol. The van der Waals surface area contributed by atoms with E-state index in [1.54, 1.807) is 24.3 Å². The molecular formula is C28H37N5O5. The maximum absolute atomic E-state index is 13.1. The summed E-state index contributed by atoms with van der Waals surface area (Å²) in [5.41, 5.74) is 1.11. The van der Waals surface area contributed by atoms with E-state index in [-0.39, 0.29) is 37.5 Å². The lowest BCUT2D eigenvalue weighted by atomic mass is 10.0. The zero-order chi connectivity index (χ0) is 27.3. The fourth-order valence-corrected chi connectivity index (χ4v) is 4.07. The Morgan fingerprint density at radius 1 is 1.00 bits per heavy atom. The molecule has 1 heterocycles. The van der Waals surface area contributed by atoms with Gasteiger partial charge in [0.15, 0.2) is 0 Å². The first kappa shape index (κ1) is 28.6. The number of hydrogen-bond donors (Lipinski definition) is 4. The van der Waals surface area contributed by atoms with Gasteiger partial charge < -0.3 is 30.9 Å². The van der Waals surface area contributed by atoms with Crippen LogP contribution in [0, 0.1) is 0 Å². The highest BCUT2D eigenvalue weighted by molar-refractivity contribution is 6.01. The van der Waals surface area contributed by atoms with Gasteiger partial charge in [-0.15, -0.1) is 0 Å². The van der Waals surface area contributed by atoms with Gasteiger partial charge in [-0.05, 0) is 51.2 Å². The third-order valence-electron chi connectivity index (χ3n) is 6.07. The van der Waals surface area contributed by atoms with Crippen molar-refractivity contribution in [3.05, 3.63) is 65.7 Å². The second kappa shape index (κ2) is 14.7. The van der Waals surface area contributed by atoms with Crippen molar-refractivity contribution in [1.82, 2.24) is 26.2 Å². The van der Waals surface area contributed by atoms with Crippen LogP contribution in [0.15, 0.2) is 54.6 Å². The summed E-state index contributed by atoms with van der Waals surface area (Å²) in [6.45, 7) is 1.62. The van der Waals surface area contributed by atoms with E-state index in [9.17, 15) is 19.2 Å². The molecule has 10 heteroatoms. The second-order valence-corrected chi connectivity index (χ2v) is 9.48. The second-order valence-electron chi connectivity index (χ2n) is 9.48. The van der Waals surface area contributed by atoms with Crippen molar-refractivity contribution in [2.75, 3.05) is 40.3 Å². The standard InChI is InChI=1S/C28H37N5O5/c1-33(2)16-9-8-14-29-28(37)23-19-25(34)31-22(18-20-10-4-3-5-11-20)27(36)30-15-17-38-24-13-7-6-12-21(24)26(35)32-23/h3-7,10-13,22-23H,8-9,14-19H2,1-2H3,(H,29,37)(H,30,36)(H,31,34)(H,32,35)/t22-,23-/m0/s1. The van der Waals surface area contributed by atoms with Gasteiger partial charge in [0.2, 0.25) is 17.7 Å². The third kappa shape index (κ3) is 9.19.